The highest BCUT2D eigenvalue weighted by molar-refractivity contribution is 7.97. The third kappa shape index (κ3) is 2.95. The summed E-state index contributed by atoms with van der Waals surface area (Å²) in [5.74, 6) is 0. The molecule has 1 rings (SSSR count). The zero-order valence-corrected chi connectivity index (χ0v) is 7.69. The Hall–Kier alpha value is -0.470. The number of hydrogen-bond donors (Lipinski definition) is 0. The summed E-state index contributed by atoms with van der Waals surface area (Å²) in [6.45, 7) is 0. The average Bonchev–Trinajstić information content (AvgIpc) is 2.04. The first-order chi connectivity index (χ1) is 5.33. The highest BCUT2D eigenvalue weighted by Gasteiger charge is 1.86. The van der Waals surface area contributed by atoms with Crippen LogP contribution in [0.1, 0.15) is 5.56 Å². The lowest BCUT2D eigenvalue weighted by Gasteiger charge is -1.90. The van der Waals surface area contributed by atoms with Gasteiger partial charge in [-0.15, -0.1) is 0 Å². The molecule has 0 aliphatic rings. The molecule has 0 amide bonds. The topological polar surface area (TPSA) is 12.4 Å². The van der Waals surface area contributed by atoms with Crippen molar-refractivity contribution in [2.45, 2.75) is 0 Å². The quantitative estimate of drug-likeness (QED) is 0.510. The first kappa shape index (κ1) is 8.62. The monoisotopic (exact) mass is 185 g/mol. The van der Waals surface area contributed by atoms with Crippen LogP contribution in [0, 0.1) is 0 Å². The number of rotatable bonds is 2. The first-order valence-electron chi connectivity index (χ1n) is 3.15. The predicted molar refractivity (Wildman–Crippen MR) is 52.6 cm³/mol. The third-order valence-electron chi connectivity index (χ3n) is 1.18. The lowest BCUT2D eigenvalue weighted by molar-refractivity contribution is 1.67. The Bertz CT molecular complexity index is 243. The van der Waals surface area contributed by atoms with Crippen molar-refractivity contribution in [1.82, 2.24) is 0 Å². The fourth-order valence-corrected chi connectivity index (χ4v) is 1.02. The zero-order valence-electron chi connectivity index (χ0n) is 6.12. The summed E-state index contributed by atoms with van der Waals surface area (Å²) < 4.78 is 4.02. The van der Waals surface area contributed by atoms with Gasteiger partial charge in [0.15, 0.2) is 0 Å². The van der Waals surface area contributed by atoms with Crippen LogP contribution in [0.15, 0.2) is 28.7 Å². The number of benzene rings is 1. The molecule has 0 aromatic heterocycles. The SMILES string of the molecule is CS/N=C/c1ccc(Cl)cc1. The van der Waals surface area contributed by atoms with Gasteiger partial charge in [0.05, 0.1) is 0 Å². The Morgan fingerprint density at radius 3 is 2.55 bits per heavy atom. The maximum absolute atomic E-state index is 5.70. The molecule has 0 bridgehead atoms. The molecule has 11 heavy (non-hydrogen) atoms. The Morgan fingerprint density at radius 2 is 2.00 bits per heavy atom. The van der Waals surface area contributed by atoms with E-state index < -0.39 is 0 Å². The van der Waals surface area contributed by atoms with E-state index in [0.717, 1.165) is 10.6 Å². The van der Waals surface area contributed by atoms with Gasteiger partial charge in [-0.05, 0) is 29.6 Å². The summed E-state index contributed by atoms with van der Waals surface area (Å²) in [6.07, 6.45) is 3.73. The number of hydrogen-bond acceptors (Lipinski definition) is 2. The van der Waals surface area contributed by atoms with Crippen molar-refractivity contribution >= 4 is 29.8 Å². The smallest absolute Gasteiger partial charge is 0.0423 e. The lowest BCUT2D eigenvalue weighted by atomic mass is 10.2. The molecule has 0 aliphatic heterocycles. The molecule has 0 radical (unpaired) electrons. The Labute approximate surface area is 75.6 Å². The van der Waals surface area contributed by atoms with Crippen molar-refractivity contribution in [3.63, 3.8) is 0 Å². The standard InChI is InChI=1S/C8H8ClNS/c1-11-10-6-7-2-4-8(9)5-3-7/h2-6H,1H3/b10-6+. The minimum atomic E-state index is 0.756. The molecule has 0 atom stereocenters. The normalized spacial score (nSPS) is 10.7. The summed E-state index contributed by atoms with van der Waals surface area (Å²) in [4.78, 5) is 0. The third-order valence-corrected chi connectivity index (χ3v) is 1.75. The van der Waals surface area contributed by atoms with E-state index in [1.54, 1.807) is 6.21 Å². The molecule has 3 heteroatoms. The average molecular weight is 186 g/mol. The van der Waals surface area contributed by atoms with Crippen LogP contribution in [-0.2, 0) is 0 Å². The lowest BCUT2D eigenvalue weighted by Crippen LogP contribution is -1.76. The van der Waals surface area contributed by atoms with Crippen LogP contribution in [-0.4, -0.2) is 12.5 Å². The first-order valence-corrected chi connectivity index (χ1v) is 4.71. The Morgan fingerprint density at radius 1 is 1.36 bits per heavy atom. The van der Waals surface area contributed by atoms with Gasteiger partial charge in [0.1, 0.15) is 0 Å². The second-order valence-electron chi connectivity index (χ2n) is 1.97. The molecule has 0 unspecified atom stereocenters. The summed E-state index contributed by atoms with van der Waals surface area (Å²) in [5, 5.41) is 0.756. The molecule has 0 fully saturated rings. The minimum Gasteiger partial charge on any atom is -0.224 e. The Kier molecular flexibility index (Phi) is 3.46. The fraction of sp³-hybridized carbons (Fsp3) is 0.125. The number of nitrogens with zero attached hydrogens (tertiary/aromatic N) is 1. The van der Waals surface area contributed by atoms with E-state index in [0.29, 0.717) is 0 Å². The van der Waals surface area contributed by atoms with E-state index in [4.69, 9.17) is 11.6 Å². The van der Waals surface area contributed by atoms with Crippen LogP contribution in [0.4, 0.5) is 0 Å². The highest BCUT2D eigenvalue weighted by Crippen LogP contribution is 2.08. The summed E-state index contributed by atoms with van der Waals surface area (Å²) >= 11 is 7.13. The van der Waals surface area contributed by atoms with Gasteiger partial charge < -0.3 is 0 Å². The maximum atomic E-state index is 5.70. The molecule has 1 aromatic carbocycles. The van der Waals surface area contributed by atoms with Crippen molar-refractivity contribution in [3.8, 4) is 0 Å². The van der Waals surface area contributed by atoms with Gasteiger partial charge in [0, 0.05) is 17.5 Å². The minimum absolute atomic E-state index is 0.756. The molecule has 0 saturated carbocycles. The second-order valence-corrected chi connectivity index (χ2v) is 2.98. The van der Waals surface area contributed by atoms with Crippen LogP contribution in [0.5, 0.6) is 0 Å². The van der Waals surface area contributed by atoms with Crippen LogP contribution in [0.2, 0.25) is 5.02 Å². The molecule has 1 nitrogen and oxygen atoms in total. The van der Waals surface area contributed by atoms with Crippen LogP contribution < -0.4 is 0 Å². The van der Waals surface area contributed by atoms with E-state index in [-0.39, 0.29) is 0 Å². The molecule has 0 spiro atoms. The van der Waals surface area contributed by atoms with Crippen molar-refractivity contribution in [2.75, 3.05) is 6.26 Å². The van der Waals surface area contributed by atoms with Crippen LogP contribution in [0.25, 0.3) is 0 Å². The maximum Gasteiger partial charge on any atom is 0.0423 e. The Balaban J connectivity index is 2.73. The molecule has 0 aliphatic carbocycles. The van der Waals surface area contributed by atoms with E-state index in [1.807, 2.05) is 30.5 Å². The molecular formula is C8H8ClNS. The van der Waals surface area contributed by atoms with Gasteiger partial charge in [-0.3, -0.25) is 0 Å². The molecule has 0 saturated heterocycles. The van der Waals surface area contributed by atoms with E-state index in [2.05, 4.69) is 4.40 Å². The molecule has 0 heterocycles. The van der Waals surface area contributed by atoms with Crippen LogP contribution in [0.3, 0.4) is 0 Å². The van der Waals surface area contributed by atoms with Crippen LogP contribution >= 0.6 is 23.5 Å². The van der Waals surface area contributed by atoms with Crippen molar-refractivity contribution in [3.05, 3.63) is 34.9 Å². The molecule has 0 N–H and O–H groups in total. The summed E-state index contributed by atoms with van der Waals surface area (Å²) in [6, 6.07) is 7.57. The van der Waals surface area contributed by atoms with E-state index in [1.165, 1.54) is 11.9 Å². The summed E-state index contributed by atoms with van der Waals surface area (Å²) in [5.41, 5.74) is 1.07. The molecule has 58 valence electrons. The van der Waals surface area contributed by atoms with Gasteiger partial charge in [-0.25, -0.2) is 4.40 Å². The molecule has 1 aromatic rings. The number of halogens is 1. The van der Waals surface area contributed by atoms with E-state index >= 15 is 0 Å². The predicted octanol–water partition coefficient (Wildman–Crippen LogP) is 3.04. The second kappa shape index (κ2) is 4.42. The fourth-order valence-electron chi connectivity index (χ4n) is 0.662. The molecular weight excluding hydrogens is 178 g/mol. The van der Waals surface area contributed by atoms with Crippen molar-refractivity contribution in [1.29, 1.82) is 0 Å². The van der Waals surface area contributed by atoms with Gasteiger partial charge in [-0.2, -0.15) is 0 Å². The van der Waals surface area contributed by atoms with Gasteiger partial charge in [0.25, 0.3) is 0 Å². The van der Waals surface area contributed by atoms with Crippen molar-refractivity contribution < 1.29 is 0 Å². The highest BCUT2D eigenvalue weighted by atomic mass is 35.5. The van der Waals surface area contributed by atoms with Gasteiger partial charge >= 0.3 is 0 Å². The largest absolute Gasteiger partial charge is 0.224 e. The zero-order chi connectivity index (χ0) is 8.10. The van der Waals surface area contributed by atoms with Crippen molar-refractivity contribution in [2.24, 2.45) is 4.40 Å². The summed E-state index contributed by atoms with van der Waals surface area (Å²) in [7, 11) is 0. The van der Waals surface area contributed by atoms with E-state index in [9.17, 15) is 0 Å². The van der Waals surface area contributed by atoms with Gasteiger partial charge in [-0.1, -0.05) is 23.7 Å². The van der Waals surface area contributed by atoms with Gasteiger partial charge in [0.2, 0.25) is 0 Å².